The van der Waals surface area contributed by atoms with Gasteiger partial charge in [0.2, 0.25) is 11.8 Å². The number of rotatable bonds is 15. The first-order valence-electron chi connectivity index (χ1n) is 16.2. The molecule has 0 aliphatic carbocycles. The fourth-order valence-electron chi connectivity index (χ4n) is 6.30. The second-order valence-electron chi connectivity index (χ2n) is 12.1. The van der Waals surface area contributed by atoms with Gasteiger partial charge in [0.15, 0.2) is 0 Å². The number of carbonyl (C=O) groups is 1. The highest BCUT2D eigenvalue weighted by atomic mass is 35.5. The summed E-state index contributed by atoms with van der Waals surface area (Å²) in [6.45, 7) is 10.5. The Hall–Kier alpha value is -3.64. The van der Waals surface area contributed by atoms with E-state index >= 15 is 0 Å². The predicted molar refractivity (Wildman–Crippen MR) is 179 cm³/mol. The van der Waals surface area contributed by atoms with Crippen molar-refractivity contribution in [2.24, 2.45) is 0 Å². The molecule has 0 radical (unpaired) electrons. The normalized spacial score (nSPS) is 17.2. The molecule has 0 spiro atoms. The molecule has 254 valence electrons. The zero-order chi connectivity index (χ0) is 33.3. The van der Waals surface area contributed by atoms with Gasteiger partial charge in [-0.25, -0.2) is 0 Å². The molecule has 47 heavy (non-hydrogen) atoms. The van der Waals surface area contributed by atoms with E-state index in [0.717, 1.165) is 73.7 Å². The van der Waals surface area contributed by atoms with Crippen LogP contribution in [0.3, 0.4) is 0 Å². The summed E-state index contributed by atoms with van der Waals surface area (Å²) in [7, 11) is 3.00. The first-order chi connectivity index (χ1) is 22.8. The van der Waals surface area contributed by atoms with E-state index in [-0.39, 0.29) is 36.8 Å². The second-order valence-corrected chi connectivity index (χ2v) is 12.4. The van der Waals surface area contributed by atoms with Crippen molar-refractivity contribution < 1.29 is 33.6 Å². The van der Waals surface area contributed by atoms with Crippen molar-refractivity contribution >= 4 is 17.6 Å². The van der Waals surface area contributed by atoms with Gasteiger partial charge in [-0.1, -0.05) is 55.8 Å². The molecule has 0 amide bonds. The van der Waals surface area contributed by atoms with Gasteiger partial charge in [-0.2, -0.15) is 9.97 Å². The maximum atomic E-state index is 11.7. The Morgan fingerprint density at radius 2 is 1.72 bits per heavy atom. The van der Waals surface area contributed by atoms with E-state index in [9.17, 15) is 9.90 Å². The molecule has 1 atom stereocenters. The van der Waals surface area contributed by atoms with Crippen molar-refractivity contribution in [3.05, 3.63) is 58.1 Å². The third kappa shape index (κ3) is 8.45. The first-order valence-corrected chi connectivity index (χ1v) is 16.6. The number of aliphatic carboxylic acids is 1. The number of hydrogen-bond acceptors (Lipinski definition) is 10. The lowest BCUT2D eigenvalue weighted by molar-refractivity contribution is -0.142. The molecule has 3 heterocycles. The van der Waals surface area contributed by atoms with E-state index < -0.39 is 12.0 Å². The number of ether oxygens (including phenoxy) is 5. The lowest BCUT2D eigenvalue weighted by Crippen LogP contribution is -2.37. The molecular weight excluding hydrogens is 624 g/mol. The molecule has 0 saturated carbocycles. The number of aromatic nitrogens is 2. The summed E-state index contributed by atoms with van der Waals surface area (Å²) in [5.41, 5.74) is 4.35. The van der Waals surface area contributed by atoms with E-state index in [2.05, 4.69) is 34.8 Å². The average molecular weight is 669 g/mol. The maximum absolute atomic E-state index is 11.7. The van der Waals surface area contributed by atoms with E-state index in [0.29, 0.717) is 30.2 Å². The van der Waals surface area contributed by atoms with Crippen LogP contribution in [0, 0.1) is 0 Å². The number of halogens is 1. The highest BCUT2D eigenvalue weighted by molar-refractivity contribution is 6.34. The van der Waals surface area contributed by atoms with Gasteiger partial charge in [0.1, 0.15) is 18.4 Å². The zero-order valence-electron chi connectivity index (χ0n) is 27.7. The minimum Gasteiger partial charge on any atom is -0.493 e. The fourth-order valence-corrected chi connectivity index (χ4v) is 6.58. The van der Waals surface area contributed by atoms with Crippen LogP contribution in [0.25, 0.3) is 11.1 Å². The van der Waals surface area contributed by atoms with Crippen molar-refractivity contribution in [1.29, 1.82) is 0 Å². The van der Waals surface area contributed by atoms with Gasteiger partial charge in [0, 0.05) is 42.9 Å². The molecule has 1 aromatic heterocycles. The van der Waals surface area contributed by atoms with E-state index in [1.54, 1.807) is 0 Å². The maximum Gasteiger partial charge on any atom is 0.323 e. The van der Waals surface area contributed by atoms with Gasteiger partial charge >= 0.3 is 12.0 Å². The van der Waals surface area contributed by atoms with Crippen LogP contribution in [0.2, 0.25) is 5.02 Å². The largest absolute Gasteiger partial charge is 0.493 e. The molecule has 1 N–H and O–H groups in total. The molecule has 2 aliphatic rings. The standard InChI is InChI=1S/C35H45ClN4O7/c1-23(2)30-25(10-6-13-29(30)46-18-8-14-39-16-19-45-20-17-39)26-11-5-9-24(31(26)36)22-47-35-37-32(43-3)27(33(38-35)44-4)21-40-15-7-12-28(40)34(41)42/h5-6,9-11,13,23,28H,7-8,12,14-22H2,1-4H3,(H,41,42)/t28-/m0/s1. The topological polar surface area (TPSA) is 116 Å². The lowest BCUT2D eigenvalue weighted by Gasteiger charge is -2.26. The highest BCUT2D eigenvalue weighted by Gasteiger charge is 2.32. The summed E-state index contributed by atoms with van der Waals surface area (Å²) in [4.78, 5) is 25.0. The molecule has 11 nitrogen and oxygen atoms in total. The van der Waals surface area contributed by atoms with Gasteiger partial charge in [0.05, 0.1) is 44.6 Å². The Morgan fingerprint density at radius 1 is 1.02 bits per heavy atom. The van der Waals surface area contributed by atoms with Crippen molar-refractivity contribution in [2.45, 2.75) is 58.2 Å². The van der Waals surface area contributed by atoms with Crippen LogP contribution in [-0.4, -0.2) is 97.1 Å². The number of morpholine rings is 1. The van der Waals surface area contributed by atoms with Crippen molar-refractivity contribution in [1.82, 2.24) is 19.8 Å². The molecule has 2 aromatic carbocycles. The zero-order valence-corrected chi connectivity index (χ0v) is 28.4. The molecule has 0 unspecified atom stereocenters. The number of carboxylic acid groups (broad SMARTS) is 1. The van der Waals surface area contributed by atoms with Crippen LogP contribution in [-0.2, 0) is 22.7 Å². The van der Waals surface area contributed by atoms with Crippen molar-refractivity contribution in [3.63, 3.8) is 0 Å². The summed E-state index contributed by atoms with van der Waals surface area (Å²) < 4.78 is 29.0. The summed E-state index contributed by atoms with van der Waals surface area (Å²) in [6, 6.07) is 11.5. The molecule has 3 aromatic rings. The number of carboxylic acids is 1. The number of hydrogen-bond donors (Lipinski definition) is 1. The molecule has 12 heteroatoms. The van der Waals surface area contributed by atoms with Crippen LogP contribution in [0.15, 0.2) is 36.4 Å². The molecule has 5 rings (SSSR count). The Morgan fingerprint density at radius 3 is 2.40 bits per heavy atom. The molecule has 0 bridgehead atoms. The SMILES string of the molecule is COc1nc(OCc2cccc(-c3cccc(OCCCN4CCOCC4)c3C(C)C)c2Cl)nc(OC)c1CN1CCC[C@H]1C(=O)O. The minimum atomic E-state index is -0.848. The Bertz CT molecular complexity index is 1490. The van der Waals surface area contributed by atoms with E-state index in [4.69, 9.17) is 35.3 Å². The Labute approximate surface area is 281 Å². The van der Waals surface area contributed by atoms with Gasteiger partial charge in [-0.05, 0) is 43.4 Å². The molecule has 2 saturated heterocycles. The van der Waals surface area contributed by atoms with Gasteiger partial charge in [-0.3, -0.25) is 14.6 Å². The fraction of sp³-hybridized carbons (Fsp3) is 0.514. The highest BCUT2D eigenvalue weighted by Crippen LogP contribution is 2.40. The van der Waals surface area contributed by atoms with Crippen LogP contribution < -0.4 is 18.9 Å². The molecule has 2 fully saturated rings. The van der Waals surface area contributed by atoms with Crippen molar-refractivity contribution in [2.75, 3.05) is 60.2 Å². The van der Waals surface area contributed by atoms with Gasteiger partial charge in [-0.15, -0.1) is 0 Å². The summed E-state index contributed by atoms with van der Waals surface area (Å²) in [6.07, 6.45) is 2.33. The summed E-state index contributed by atoms with van der Waals surface area (Å²) >= 11 is 7.05. The van der Waals surface area contributed by atoms with Crippen molar-refractivity contribution in [3.8, 4) is 34.6 Å². The quantitative estimate of drug-likeness (QED) is 0.202. The predicted octanol–water partition coefficient (Wildman–Crippen LogP) is 5.67. The second kappa shape index (κ2) is 16.5. The van der Waals surface area contributed by atoms with Gasteiger partial charge < -0.3 is 28.8 Å². The van der Waals surface area contributed by atoms with Gasteiger partial charge in [0.25, 0.3) is 0 Å². The lowest BCUT2D eigenvalue weighted by atomic mass is 9.91. The third-order valence-corrected chi connectivity index (χ3v) is 9.10. The van der Waals surface area contributed by atoms with E-state index in [1.165, 1.54) is 14.2 Å². The minimum absolute atomic E-state index is 0.0653. The van der Waals surface area contributed by atoms with Crippen LogP contribution in [0.1, 0.15) is 55.7 Å². The molecule has 2 aliphatic heterocycles. The average Bonchev–Trinajstić information content (AvgIpc) is 3.55. The Balaban J connectivity index is 1.31. The number of methoxy groups -OCH3 is 2. The van der Waals surface area contributed by atoms with Crippen LogP contribution in [0.4, 0.5) is 0 Å². The smallest absolute Gasteiger partial charge is 0.323 e. The summed E-state index contributed by atoms with van der Waals surface area (Å²) in [5, 5.41) is 10.2. The number of likely N-dealkylation sites (tertiary alicyclic amines) is 1. The van der Waals surface area contributed by atoms with Crippen LogP contribution >= 0.6 is 11.6 Å². The number of benzene rings is 2. The number of nitrogens with zero attached hydrogens (tertiary/aromatic N) is 4. The monoisotopic (exact) mass is 668 g/mol. The first kappa shape index (κ1) is 34.7. The third-order valence-electron chi connectivity index (χ3n) is 8.66. The van der Waals surface area contributed by atoms with Crippen LogP contribution in [0.5, 0.6) is 23.5 Å². The summed E-state index contributed by atoms with van der Waals surface area (Å²) in [5.74, 6) is 0.764. The van der Waals surface area contributed by atoms with E-state index in [1.807, 2.05) is 35.2 Å². The Kier molecular flexibility index (Phi) is 12.1. The molecular formula is C35H45ClN4O7.